The molecule has 0 bridgehead atoms. The van der Waals surface area contributed by atoms with Crippen molar-refractivity contribution in [3.8, 4) is 6.07 Å². The monoisotopic (exact) mass is 305 g/mol. The number of carbonyl (C=O) groups is 1. The SMILES string of the molecule is C=CCC1c2cc(C#N)c(Cl)nc2CCN1C(=O)OCC. The highest BCUT2D eigenvalue weighted by atomic mass is 35.5. The number of pyridine rings is 1. The maximum atomic E-state index is 12.1. The highest BCUT2D eigenvalue weighted by Gasteiger charge is 2.32. The van der Waals surface area contributed by atoms with Gasteiger partial charge in [0.1, 0.15) is 11.2 Å². The quantitative estimate of drug-likeness (QED) is 0.635. The summed E-state index contributed by atoms with van der Waals surface area (Å²) < 4.78 is 5.09. The Morgan fingerprint density at radius 2 is 2.52 bits per heavy atom. The van der Waals surface area contributed by atoms with Gasteiger partial charge in [0.15, 0.2) is 0 Å². The first-order chi connectivity index (χ1) is 10.1. The van der Waals surface area contributed by atoms with E-state index in [0.29, 0.717) is 31.6 Å². The van der Waals surface area contributed by atoms with Crippen molar-refractivity contribution in [3.63, 3.8) is 0 Å². The average molecular weight is 306 g/mol. The lowest BCUT2D eigenvalue weighted by Crippen LogP contribution is -2.40. The highest BCUT2D eigenvalue weighted by molar-refractivity contribution is 6.30. The summed E-state index contributed by atoms with van der Waals surface area (Å²) in [7, 11) is 0. The minimum Gasteiger partial charge on any atom is -0.450 e. The number of hydrogen-bond acceptors (Lipinski definition) is 4. The molecule has 0 saturated heterocycles. The van der Waals surface area contributed by atoms with E-state index in [1.807, 2.05) is 6.07 Å². The van der Waals surface area contributed by atoms with Gasteiger partial charge in [-0.05, 0) is 25.0 Å². The maximum absolute atomic E-state index is 12.1. The number of rotatable bonds is 3. The van der Waals surface area contributed by atoms with E-state index in [2.05, 4.69) is 11.6 Å². The Kier molecular flexibility index (Phi) is 4.81. The normalized spacial score (nSPS) is 16.8. The van der Waals surface area contributed by atoms with Crippen LogP contribution in [0, 0.1) is 11.3 Å². The van der Waals surface area contributed by atoms with Gasteiger partial charge in [0.25, 0.3) is 0 Å². The largest absolute Gasteiger partial charge is 0.450 e. The van der Waals surface area contributed by atoms with Crippen LogP contribution in [0.15, 0.2) is 18.7 Å². The molecule has 110 valence electrons. The van der Waals surface area contributed by atoms with Gasteiger partial charge in [-0.1, -0.05) is 17.7 Å². The lowest BCUT2D eigenvalue weighted by Gasteiger charge is -2.35. The summed E-state index contributed by atoms with van der Waals surface area (Å²) in [4.78, 5) is 18.0. The number of fused-ring (bicyclic) bond motifs is 1. The van der Waals surface area contributed by atoms with Crippen LogP contribution in [0.5, 0.6) is 0 Å². The van der Waals surface area contributed by atoms with Crippen LogP contribution in [0.2, 0.25) is 5.15 Å². The third kappa shape index (κ3) is 3.01. The number of amides is 1. The zero-order valence-electron chi connectivity index (χ0n) is 11.8. The number of nitrogens with zero attached hydrogens (tertiary/aromatic N) is 3. The summed E-state index contributed by atoms with van der Waals surface area (Å²) in [5.74, 6) is 0. The van der Waals surface area contributed by atoms with Gasteiger partial charge in [0, 0.05) is 18.7 Å². The molecule has 1 amide bonds. The number of nitriles is 1. The second kappa shape index (κ2) is 6.59. The van der Waals surface area contributed by atoms with Crippen LogP contribution in [-0.4, -0.2) is 29.1 Å². The Morgan fingerprint density at radius 3 is 3.14 bits per heavy atom. The lowest BCUT2D eigenvalue weighted by atomic mass is 9.93. The zero-order chi connectivity index (χ0) is 15.4. The van der Waals surface area contributed by atoms with Crippen molar-refractivity contribution in [1.82, 2.24) is 9.88 Å². The number of halogens is 1. The fourth-order valence-corrected chi connectivity index (χ4v) is 2.69. The van der Waals surface area contributed by atoms with Crippen LogP contribution >= 0.6 is 11.6 Å². The summed E-state index contributed by atoms with van der Waals surface area (Å²) in [6.07, 6.45) is 2.54. The van der Waals surface area contributed by atoms with Gasteiger partial charge in [-0.25, -0.2) is 9.78 Å². The Hall–Kier alpha value is -2.06. The molecule has 1 aliphatic heterocycles. The first kappa shape index (κ1) is 15.3. The number of ether oxygens (including phenoxy) is 1. The molecular formula is C15H16ClN3O2. The molecule has 1 unspecified atom stereocenters. The van der Waals surface area contributed by atoms with E-state index in [1.165, 1.54) is 0 Å². The average Bonchev–Trinajstić information content (AvgIpc) is 2.47. The second-order valence-corrected chi connectivity index (χ2v) is 5.01. The molecule has 1 atom stereocenters. The Bertz CT molecular complexity index is 610. The topological polar surface area (TPSA) is 66.2 Å². The predicted molar refractivity (Wildman–Crippen MR) is 78.9 cm³/mol. The second-order valence-electron chi connectivity index (χ2n) is 4.66. The van der Waals surface area contributed by atoms with Gasteiger partial charge < -0.3 is 9.64 Å². The Morgan fingerprint density at radius 1 is 1.76 bits per heavy atom. The molecule has 5 nitrogen and oxygen atoms in total. The van der Waals surface area contributed by atoms with Crippen molar-refractivity contribution in [2.24, 2.45) is 0 Å². The van der Waals surface area contributed by atoms with Gasteiger partial charge in [0.05, 0.1) is 18.2 Å². The van der Waals surface area contributed by atoms with Crippen molar-refractivity contribution in [1.29, 1.82) is 5.26 Å². The smallest absolute Gasteiger partial charge is 0.410 e. The van der Waals surface area contributed by atoms with E-state index in [9.17, 15) is 4.79 Å². The van der Waals surface area contributed by atoms with Crippen LogP contribution in [0.1, 0.15) is 36.2 Å². The third-order valence-electron chi connectivity index (χ3n) is 3.43. The standard InChI is InChI=1S/C15H16ClN3O2/c1-3-5-13-11-8-10(9-17)14(16)18-12(11)6-7-19(13)15(20)21-4-2/h3,8,13H,1,4-7H2,2H3. The molecule has 0 N–H and O–H groups in total. The minimum absolute atomic E-state index is 0.207. The molecule has 0 aliphatic carbocycles. The molecule has 0 saturated carbocycles. The molecule has 2 heterocycles. The van der Waals surface area contributed by atoms with E-state index in [0.717, 1.165) is 11.3 Å². The highest BCUT2D eigenvalue weighted by Crippen LogP contribution is 2.34. The molecule has 2 rings (SSSR count). The summed E-state index contributed by atoms with van der Waals surface area (Å²) in [6.45, 7) is 6.35. The first-order valence-electron chi connectivity index (χ1n) is 6.76. The van der Waals surface area contributed by atoms with Gasteiger partial charge in [-0.15, -0.1) is 6.58 Å². The summed E-state index contributed by atoms with van der Waals surface area (Å²) in [6, 6.07) is 3.51. The molecule has 21 heavy (non-hydrogen) atoms. The molecule has 1 aliphatic rings. The van der Waals surface area contributed by atoms with Crippen LogP contribution in [0.25, 0.3) is 0 Å². The molecule has 0 radical (unpaired) electrons. The number of carbonyl (C=O) groups excluding carboxylic acids is 1. The van der Waals surface area contributed by atoms with Crippen molar-refractivity contribution < 1.29 is 9.53 Å². The van der Waals surface area contributed by atoms with E-state index in [4.69, 9.17) is 21.6 Å². The first-order valence-corrected chi connectivity index (χ1v) is 7.13. The van der Waals surface area contributed by atoms with Crippen molar-refractivity contribution in [2.75, 3.05) is 13.2 Å². The fourth-order valence-electron chi connectivity index (χ4n) is 2.50. The predicted octanol–water partition coefficient (Wildman–Crippen LogP) is 3.24. The van der Waals surface area contributed by atoms with Gasteiger partial charge >= 0.3 is 6.09 Å². The molecule has 1 aromatic heterocycles. The Balaban J connectivity index is 2.44. The van der Waals surface area contributed by atoms with Gasteiger partial charge in [-0.3, -0.25) is 0 Å². The van der Waals surface area contributed by atoms with E-state index >= 15 is 0 Å². The van der Waals surface area contributed by atoms with Gasteiger partial charge in [-0.2, -0.15) is 5.26 Å². The van der Waals surface area contributed by atoms with Crippen LogP contribution in [0.3, 0.4) is 0 Å². The van der Waals surface area contributed by atoms with Crippen molar-refractivity contribution >= 4 is 17.7 Å². The van der Waals surface area contributed by atoms with Crippen LogP contribution in [-0.2, 0) is 11.2 Å². The van der Waals surface area contributed by atoms with Crippen molar-refractivity contribution in [2.45, 2.75) is 25.8 Å². The Labute approximate surface area is 128 Å². The molecule has 6 heteroatoms. The van der Waals surface area contributed by atoms with E-state index in [1.54, 1.807) is 24.0 Å². The van der Waals surface area contributed by atoms with Gasteiger partial charge in [0.2, 0.25) is 0 Å². The number of hydrogen-bond donors (Lipinski definition) is 0. The van der Waals surface area contributed by atoms with Crippen LogP contribution < -0.4 is 0 Å². The van der Waals surface area contributed by atoms with E-state index in [-0.39, 0.29) is 17.3 Å². The van der Waals surface area contributed by atoms with Crippen LogP contribution in [0.4, 0.5) is 4.79 Å². The maximum Gasteiger partial charge on any atom is 0.410 e. The minimum atomic E-state index is -0.358. The summed E-state index contributed by atoms with van der Waals surface area (Å²) in [5.41, 5.74) is 1.98. The van der Waals surface area contributed by atoms with E-state index < -0.39 is 0 Å². The molecule has 0 fully saturated rings. The number of aromatic nitrogens is 1. The third-order valence-corrected chi connectivity index (χ3v) is 3.71. The summed E-state index contributed by atoms with van der Waals surface area (Å²) >= 11 is 5.98. The zero-order valence-corrected chi connectivity index (χ0v) is 12.6. The lowest BCUT2D eigenvalue weighted by molar-refractivity contribution is 0.0866. The van der Waals surface area contributed by atoms with Crippen molar-refractivity contribution in [3.05, 3.63) is 40.7 Å². The fraction of sp³-hybridized carbons (Fsp3) is 0.400. The molecule has 0 spiro atoms. The molecule has 0 aromatic carbocycles. The molecular weight excluding hydrogens is 290 g/mol. The summed E-state index contributed by atoms with van der Waals surface area (Å²) in [5, 5.41) is 9.30. The molecule has 1 aromatic rings.